The molecule has 1 heterocycles. The van der Waals surface area contributed by atoms with Gasteiger partial charge >= 0.3 is 0 Å². The molecule has 22 heavy (non-hydrogen) atoms. The Balaban J connectivity index is 1.94. The van der Waals surface area contributed by atoms with E-state index < -0.39 is 0 Å². The van der Waals surface area contributed by atoms with E-state index >= 15 is 0 Å². The second kappa shape index (κ2) is 6.24. The fraction of sp³-hybridized carbons (Fsp3) is 0.167. The smallest absolute Gasteiger partial charge is 0.212 e. The molecule has 112 valence electrons. The Labute approximate surface area is 133 Å². The fourth-order valence-corrected chi connectivity index (χ4v) is 2.43. The number of Topliss-reactive ketones (excluding diaryl/α,β-unsaturated/α-hetero) is 1. The molecule has 1 aromatic heterocycles. The number of rotatable bonds is 5. The highest BCUT2D eigenvalue weighted by molar-refractivity contribution is 6.30. The van der Waals surface area contributed by atoms with Crippen molar-refractivity contribution in [1.29, 1.82) is 0 Å². The number of alkyl halides is 1. The Morgan fingerprint density at radius 2 is 1.95 bits per heavy atom. The number of furan rings is 1. The second-order valence-electron chi connectivity index (χ2n) is 5.12. The summed E-state index contributed by atoms with van der Waals surface area (Å²) in [6.45, 7) is 2.42. The zero-order chi connectivity index (χ0) is 15.5. The van der Waals surface area contributed by atoms with Gasteiger partial charge in [0.05, 0.1) is 11.3 Å². The van der Waals surface area contributed by atoms with Crippen molar-refractivity contribution in [1.82, 2.24) is 0 Å². The van der Waals surface area contributed by atoms with Gasteiger partial charge in [0.1, 0.15) is 17.9 Å². The molecule has 0 aliphatic carbocycles. The van der Waals surface area contributed by atoms with Gasteiger partial charge in [0.15, 0.2) is 5.76 Å². The van der Waals surface area contributed by atoms with E-state index in [0.29, 0.717) is 17.9 Å². The third-order valence-corrected chi connectivity index (χ3v) is 3.62. The summed E-state index contributed by atoms with van der Waals surface area (Å²) < 4.78 is 11.5. The standard InChI is InChI=1S/C18H15ClO3/c1-12-7-16(21-11-13-5-3-2-4-6-13)14-9-18(15(20)10-19)22-17(14)8-12/h2-9H,10-11H2,1H3. The number of ether oxygens (including phenoxy) is 1. The summed E-state index contributed by atoms with van der Waals surface area (Å²) >= 11 is 5.59. The van der Waals surface area contributed by atoms with Crippen LogP contribution in [0.5, 0.6) is 5.75 Å². The third kappa shape index (κ3) is 3.00. The minimum atomic E-state index is -0.232. The molecular weight excluding hydrogens is 300 g/mol. The fourth-order valence-electron chi connectivity index (χ4n) is 2.30. The van der Waals surface area contributed by atoms with Crippen LogP contribution in [0.4, 0.5) is 0 Å². The molecule has 0 unspecified atom stereocenters. The minimum absolute atomic E-state index is 0.0982. The maximum Gasteiger partial charge on any atom is 0.212 e. The van der Waals surface area contributed by atoms with Gasteiger partial charge in [0, 0.05) is 0 Å². The zero-order valence-corrected chi connectivity index (χ0v) is 12.9. The summed E-state index contributed by atoms with van der Waals surface area (Å²) in [5.74, 6) is 0.639. The van der Waals surface area contributed by atoms with Crippen molar-refractivity contribution in [2.45, 2.75) is 13.5 Å². The molecule has 0 spiro atoms. The van der Waals surface area contributed by atoms with Crippen molar-refractivity contribution in [2.75, 3.05) is 5.88 Å². The highest BCUT2D eigenvalue weighted by Gasteiger charge is 2.15. The molecule has 0 N–H and O–H groups in total. The Bertz CT molecular complexity index is 806. The third-order valence-electron chi connectivity index (χ3n) is 3.38. The number of halogens is 1. The molecule has 0 bridgehead atoms. The van der Waals surface area contributed by atoms with Crippen LogP contribution in [-0.2, 0) is 6.61 Å². The average Bonchev–Trinajstić information content (AvgIpc) is 2.96. The van der Waals surface area contributed by atoms with E-state index in [-0.39, 0.29) is 17.4 Å². The summed E-state index contributed by atoms with van der Waals surface area (Å²) in [6, 6.07) is 15.4. The Morgan fingerprint density at radius 1 is 1.18 bits per heavy atom. The van der Waals surface area contributed by atoms with Crippen molar-refractivity contribution in [3.8, 4) is 5.75 Å². The van der Waals surface area contributed by atoms with E-state index in [2.05, 4.69) is 0 Å². The van der Waals surface area contributed by atoms with E-state index in [0.717, 1.165) is 16.5 Å². The Morgan fingerprint density at radius 3 is 2.68 bits per heavy atom. The molecular formula is C18H15ClO3. The summed E-state index contributed by atoms with van der Waals surface area (Å²) in [4.78, 5) is 11.7. The van der Waals surface area contributed by atoms with Crippen molar-refractivity contribution < 1.29 is 13.9 Å². The SMILES string of the molecule is Cc1cc(OCc2ccccc2)c2cc(C(=O)CCl)oc2c1. The predicted molar refractivity (Wildman–Crippen MR) is 86.8 cm³/mol. The average molecular weight is 315 g/mol. The maximum atomic E-state index is 11.7. The molecule has 3 nitrogen and oxygen atoms in total. The number of carbonyl (C=O) groups excluding carboxylic acids is 1. The molecule has 0 amide bonds. The lowest BCUT2D eigenvalue weighted by atomic mass is 10.1. The zero-order valence-electron chi connectivity index (χ0n) is 12.1. The van der Waals surface area contributed by atoms with Crippen LogP contribution in [0.3, 0.4) is 0 Å². The highest BCUT2D eigenvalue weighted by atomic mass is 35.5. The van der Waals surface area contributed by atoms with Gasteiger partial charge in [-0.15, -0.1) is 11.6 Å². The van der Waals surface area contributed by atoms with Gasteiger partial charge in [-0.2, -0.15) is 0 Å². The molecule has 0 radical (unpaired) electrons. The molecule has 0 aliphatic rings. The van der Waals surface area contributed by atoms with Gasteiger partial charge < -0.3 is 9.15 Å². The highest BCUT2D eigenvalue weighted by Crippen LogP contribution is 2.31. The van der Waals surface area contributed by atoms with Crippen molar-refractivity contribution >= 4 is 28.4 Å². The number of aryl methyl sites for hydroxylation is 1. The first-order valence-corrected chi connectivity index (χ1v) is 7.51. The summed E-state index contributed by atoms with van der Waals surface area (Å²) in [5, 5.41) is 0.787. The molecule has 3 aromatic rings. The number of hydrogen-bond donors (Lipinski definition) is 0. The van der Waals surface area contributed by atoms with E-state index in [4.69, 9.17) is 20.8 Å². The molecule has 4 heteroatoms. The molecule has 0 atom stereocenters. The topological polar surface area (TPSA) is 39.4 Å². The number of hydrogen-bond acceptors (Lipinski definition) is 3. The predicted octanol–water partition coefficient (Wildman–Crippen LogP) is 4.74. The van der Waals surface area contributed by atoms with Gasteiger partial charge in [-0.1, -0.05) is 30.3 Å². The molecule has 2 aromatic carbocycles. The molecule has 0 saturated carbocycles. The minimum Gasteiger partial charge on any atom is -0.488 e. The van der Waals surface area contributed by atoms with Gasteiger partial charge in [-0.3, -0.25) is 4.79 Å². The molecule has 0 aliphatic heterocycles. The van der Waals surface area contributed by atoms with Gasteiger partial charge in [-0.25, -0.2) is 0 Å². The lowest BCUT2D eigenvalue weighted by molar-refractivity contribution is 0.0992. The van der Waals surface area contributed by atoms with Crippen molar-refractivity contribution in [2.24, 2.45) is 0 Å². The number of ketones is 1. The number of benzene rings is 2. The quantitative estimate of drug-likeness (QED) is 0.504. The first kappa shape index (κ1) is 14.7. The summed E-state index contributed by atoms with van der Waals surface area (Å²) in [5.41, 5.74) is 2.73. The first-order chi connectivity index (χ1) is 10.7. The Kier molecular flexibility index (Phi) is 4.16. The van der Waals surface area contributed by atoms with Crippen molar-refractivity contribution in [3.63, 3.8) is 0 Å². The van der Waals surface area contributed by atoms with Crippen LogP contribution in [0.2, 0.25) is 0 Å². The monoisotopic (exact) mass is 314 g/mol. The maximum absolute atomic E-state index is 11.7. The van der Waals surface area contributed by atoms with E-state index in [1.54, 1.807) is 6.07 Å². The van der Waals surface area contributed by atoms with Crippen LogP contribution >= 0.6 is 11.6 Å². The second-order valence-corrected chi connectivity index (χ2v) is 5.38. The van der Waals surface area contributed by atoms with Crippen LogP contribution in [-0.4, -0.2) is 11.7 Å². The summed E-state index contributed by atoms with van der Waals surface area (Å²) in [7, 11) is 0. The lowest BCUT2D eigenvalue weighted by Crippen LogP contribution is -1.97. The first-order valence-electron chi connectivity index (χ1n) is 6.97. The summed E-state index contributed by atoms with van der Waals surface area (Å²) in [6.07, 6.45) is 0. The van der Waals surface area contributed by atoms with Crippen molar-refractivity contribution in [3.05, 3.63) is 65.4 Å². The molecule has 3 rings (SSSR count). The number of carbonyl (C=O) groups is 1. The van der Waals surface area contributed by atoms with Gasteiger partial charge in [0.2, 0.25) is 5.78 Å². The van der Waals surface area contributed by atoms with Crippen LogP contribution < -0.4 is 4.74 Å². The van der Waals surface area contributed by atoms with Crippen LogP contribution in [0.15, 0.2) is 52.9 Å². The van der Waals surface area contributed by atoms with Crippen LogP contribution in [0.1, 0.15) is 21.7 Å². The van der Waals surface area contributed by atoms with E-state index in [1.165, 1.54) is 0 Å². The van der Waals surface area contributed by atoms with Gasteiger partial charge in [0.25, 0.3) is 0 Å². The largest absolute Gasteiger partial charge is 0.488 e. The number of fused-ring (bicyclic) bond motifs is 1. The Hall–Kier alpha value is -2.26. The van der Waals surface area contributed by atoms with Crippen LogP contribution in [0.25, 0.3) is 11.0 Å². The van der Waals surface area contributed by atoms with E-state index in [9.17, 15) is 4.79 Å². The van der Waals surface area contributed by atoms with Crippen LogP contribution in [0, 0.1) is 6.92 Å². The normalized spacial score (nSPS) is 10.8. The molecule has 0 fully saturated rings. The molecule has 0 saturated heterocycles. The van der Waals surface area contributed by atoms with E-state index in [1.807, 2.05) is 49.4 Å². The lowest BCUT2D eigenvalue weighted by Gasteiger charge is -2.08. The van der Waals surface area contributed by atoms with Gasteiger partial charge in [-0.05, 0) is 36.2 Å².